The minimum Gasteiger partial charge on any atom is -0.479 e. The van der Waals surface area contributed by atoms with Crippen molar-refractivity contribution in [3.8, 4) is 6.08 Å². The highest BCUT2D eigenvalue weighted by atomic mass is 35.5. The Hall–Kier alpha value is -3.80. The van der Waals surface area contributed by atoms with E-state index in [2.05, 4.69) is 15.6 Å². The van der Waals surface area contributed by atoms with Gasteiger partial charge in [-0.25, -0.2) is 9.59 Å². The average molecular weight is 617 g/mol. The third kappa shape index (κ3) is 7.06. The number of hydrogen-bond acceptors (Lipinski definition) is 8. The van der Waals surface area contributed by atoms with Crippen LogP contribution in [0.15, 0.2) is 34.8 Å². The number of carbonyl (C=O) groups excluding carboxylic acids is 3. The van der Waals surface area contributed by atoms with Crippen LogP contribution < -0.4 is 15.4 Å². The zero-order valence-corrected chi connectivity index (χ0v) is 25.2. The first-order chi connectivity index (χ1) is 20.3. The lowest BCUT2D eigenvalue weighted by Gasteiger charge is -2.30. The quantitative estimate of drug-likeness (QED) is 0.428. The summed E-state index contributed by atoms with van der Waals surface area (Å²) in [6, 6.07) is 2.93. The number of fused-ring (bicyclic) bond motifs is 3. The minimum atomic E-state index is -1.44. The third-order valence-electron chi connectivity index (χ3n) is 7.91. The summed E-state index contributed by atoms with van der Waals surface area (Å²) in [5, 5.41) is 15.9. The smallest absolute Gasteiger partial charge is 0.408 e. The van der Waals surface area contributed by atoms with Crippen LogP contribution >= 0.6 is 11.6 Å². The maximum Gasteiger partial charge on any atom is 0.408 e. The molecule has 1 aliphatic carbocycles. The largest absolute Gasteiger partial charge is 0.479 e. The summed E-state index contributed by atoms with van der Waals surface area (Å²) in [5.74, 6) is -2.55. The number of oxazole rings is 1. The van der Waals surface area contributed by atoms with E-state index in [-0.39, 0.29) is 31.4 Å². The van der Waals surface area contributed by atoms with Crippen molar-refractivity contribution < 1.29 is 38.2 Å². The van der Waals surface area contributed by atoms with Gasteiger partial charge in [0.15, 0.2) is 5.58 Å². The number of allylic oxidation sites excluding steroid dienone is 1. The number of ether oxygens (including phenoxy) is 2. The first kappa shape index (κ1) is 30.7. The van der Waals surface area contributed by atoms with E-state index in [1.807, 2.05) is 12.2 Å². The summed E-state index contributed by atoms with van der Waals surface area (Å²) in [6.45, 7) is 5.17. The Morgan fingerprint density at radius 3 is 2.77 bits per heavy atom. The molecule has 0 spiro atoms. The number of carboxylic acids is 1. The summed E-state index contributed by atoms with van der Waals surface area (Å²) in [5.41, 5.74) is -1.26. The molecule has 2 fully saturated rings. The fourth-order valence-corrected chi connectivity index (χ4v) is 5.84. The third-order valence-corrected chi connectivity index (χ3v) is 8.14. The van der Waals surface area contributed by atoms with E-state index in [9.17, 15) is 24.3 Å². The first-order valence-corrected chi connectivity index (χ1v) is 15.0. The van der Waals surface area contributed by atoms with Crippen LogP contribution in [0.2, 0.25) is 5.02 Å². The number of rotatable bonds is 4. The topological polar surface area (TPSA) is 160 Å². The Morgan fingerprint density at radius 1 is 1.23 bits per heavy atom. The van der Waals surface area contributed by atoms with E-state index in [1.165, 1.54) is 4.90 Å². The number of alkyl carbamates (subject to hydrolysis) is 1. The fourth-order valence-electron chi connectivity index (χ4n) is 5.67. The molecule has 1 saturated carbocycles. The molecule has 232 valence electrons. The van der Waals surface area contributed by atoms with Gasteiger partial charge < -0.3 is 34.5 Å². The predicted octanol–water partition coefficient (Wildman–Crippen LogP) is 4.20. The van der Waals surface area contributed by atoms with Crippen molar-refractivity contribution in [3.63, 3.8) is 0 Å². The monoisotopic (exact) mass is 616 g/mol. The maximum atomic E-state index is 14.0. The molecule has 5 rings (SSSR count). The lowest BCUT2D eigenvalue weighted by atomic mass is 10.0. The van der Waals surface area contributed by atoms with E-state index in [1.54, 1.807) is 39.0 Å². The number of carbonyl (C=O) groups is 4. The van der Waals surface area contributed by atoms with Gasteiger partial charge in [-0.15, -0.1) is 0 Å². The molecule has 0 unspecified atom stereocenters. The SMILES string of the molecule is CC(C)(C)OC(=O)N[C@H]1CCCCC/C=C\[C@@H]2C[C@@]2(C(=O)O)NC(=O)[C@@H]2C[C@@H](Oc3nc4cc(Cl)ccc4o3)CN2C1=O. The van der Waals surface area contributed by atoms with Crippen LogP contribution in [0.3, 0.4) is 0 Å². The molecule has 2 aromatic rings. The molecule has 3 N–H and O–H groups in total. The van der Waals surface area contributed by atoms with E-state index in [0.29, 0.717) is 29.0 Å². The van der Waals surface area contributed by atoms with E-state index < -0.39 is 53.2 Å². The van der Waals surface area contributed by atoms with Gasteiger partial charge in [-0.05, 0) is 64.7 Å². The molecule has 3 aliphatic rings. The molecular weight excluding hydrogens is 580 g/mol. The lowest BCUT2D eigenvalue weighted by Crippen LogP contribution is -2.56. The number of carboxylic acid groups (broad SMARTS) is 1. The molecule has 1 aromatic heterocycles. The van der Waals surface area contributed by atoms with Crippen molar-refractivity contribution in [1.82, 2.24) is 20.5 Å². The number of benzene rings is 1. The molecule has 0 radical (unpaired) electrons. The zero-order valence-electron chi connectivity index (χ0n) is 24.4. The van der Waals surface area contributed by atoms with Crippen LogP contribution in [0.5, 0.6) is 6.08 Å². The van der Waals surface area contributed by atoms with Crippen molar-refractivity contribution in [1.29, 1.82) is 0 Å². The minimum absolute atomic E-state index is 0.00764. The van der Waals surface area contributed by atoms with Gasteiger partial charge in [0.1, 0.15) is 34.8 Å². The second-order valence-corrected chi connectivity index (χ2v) is 12.9. The van der Waals surface area contributed by atoms with Gasteiger partial charge in [0, 0.05) is 17.4 Å². The van der Waals surface area contributed by atoms with Crippen LogP contribution in [-0.2, 0) is 19.1 Å². The Morgan fingerprint density at radius 2 is 2.02 bits per heavy atom. The number of amides is 3. The van der Waals surface area contributed by atoms with Gasteiger partial charge in [-0.3, -0.25) is 9.59 Å². The Labute approximate surface area is 254 Å². The van der Waals surface area contributed by atoms with Crippen molar-refractivity contribution in [3.05, 3.63) is 35.4 Å². The van der Waals surface area contributed by atoms with Crippen molar-refractivity contribution >= 4 is 46.6 Å². The van der Waals surface area contributed by atoms with Gasteiger partial charge in [-0.2, -0.15) is 4.98 Å². The zero-order chi connectivity index (χ0) is 30.9. The predicted molar refractivity (Wildman–Crippen MR) is 156 cm³/mol. The highest BCUT2D eigenvalue weighted by molar-refractivity contribution is 6.31. The second kappa shape index (κ2) is 12.1. The van der Waals surface area contributed by atoms with Gasteiger partial charge >= 0.3 is 18.1 Å². The second-order valence-electron chi connectivity index (χ2n) is 12.4. The van der Waals surface area contributed by atoms with Crippen LogP contribution in [0.4, 0.5) is 4.79 Å². The van der Waals surface area contributed by atoms with Crippen LogP contribution in [0.25, 0.3) is 11.1 Å². The van der Waals surface area contributed by atoms with E-state index in [4.69, 9.17) is 25.5 Å². The average Bonchev–Trinajstić information content (AvgIpc) is 3.23. The first-order valence-electron chi connectivity index (χ1n) is 14.6. The van der Waals surface area contributed by atoms with Crippen LogP contribution in [0, 0.1) is 5.92 Å². The Bertz CT molecular complexity index is 1430. The van der Waals surface area contributed by atoms with Gasteiger partial charge in [-0.1, -0.05) is 36.6 Å². The molecular formula is C30H37ClN4O8. The maximum absolute atomic E-state index is 14.0. The van der Waals surface area contributed by atoms with Crippen LogP contribution in [0.1, 0.15) is 65.7 Å². The number of aromatic nitrogens is 1. The van der Waals surface area contributed by atoms with Gasteiger partial charge in [0.05, 0.1) is 6.54 Å². The molecule has 2 aliphatic heterocycles. The molecule has 1 aromatic carbocycles. The van der Waals surface area contributed by atoms with E-state index in [0.717, 1.165) is 19.3 Å². The van der Waals surface area contributed by atoms with Crippen LogP contribution in [-0.4, -0.2) is 74.7 Å². The molecule has 5 atom stereocenters. The molecule has 3 amide bonds. The van der Waals surface area contributed by atoms with Crippen molar-refractivity contribution in [2.45, 2.75) is 95.0 Å². The number of aliphatic carboxylic acids is 1. The Balaban J connectivity index is 1.42. The summed E-state index contributed by atoms with van der Waals surface area (Å²) >= 11 is 6.06. The number of nitrogens with zero attached hydrogens (tertiary/aromatic N) is 2. The van der Waals surface area contributed by atoms with Crippen molar-refractivity contribution in [2.24, 2.45) is 5.92 Å². The van der Waals surface area contributed by atoms with Gasteiger partial charge in [0.25, 0.3) is 0 Å². The summed E-state index contributed by atoms with van der Waals surface area (Å²) in [7, 11) is 0. The summed E-state index contributed by atoms with van der Waals surface area (Å²) in [4.78, 5) is 58.4. The van der Waals surface area contributed by atoms with Crippen molar-refractivity contribution in [2.75, 3.05) is 6.54 Å². The number of nitrogens with one attached hydrogen (secondary N) is 2. The number of hydrogen-bond donors (Lipinski definition) is 3. The normalized spacial score (nSPS) is 29.0. The molecule has 0 bridgehead atoms. The highest BCUT2D eigenvalue weighted by Gasteiger charge is 2.61. The molecule has 13 heteroatoms. The molecule has 1 saturated heterocycles. The number of halogens is 1. The highest BCUT2D eigenvalue weighted by Crippen LogP contribution is 2.45. The summed E-state index contributed by atoms with van der Waals surface area (Å²) < 4.78 is 17.1. The summed E-state index contributed by atoms with van der Waals surface area (Å²) in [6.07, 6.45) is 6.01. The molecule has 43 heavy (non-hydrogen) atoms. The standard InChI is InChI=1S/C30H37ClN4O8/c1-29(2,3)43-27(40)32-20-10-8-6-4-5-7-9-17-15-30(17,26(38)39)34-24(36)22-14-19(16-35(22)25(20)37)41-28-33-21-13-18(31)11-12-23(21)42-28/h7,9,11-13,17,19-20,22H,4-6,8,10,14-16H2,1-3H3,(H,32,40)(H,34,36)(H,38,39)/b9-7-/t17-,19-,20+,22+,30-/m1/s1. The van der Waals surface area contributed by atoms with Gasteiger partial charge in [0.2, 0.25) is 11.8 Å². The fraction of sp³-hybridized carbons (Fsp3) is 0.567. The Kier molecular flexibility index (Phi) is 8.60. The molecule has 12 nitrogen and oxygen atoms in total. The lowest BCUT2D eigenvalue weighted by molar-refractivity contribution is -0.145. The molecule has 3 heterocycles. The van der Waals surface area contributed by atoms with E-state index >= 15 is 0 Å².